The minimum absolute atomic E-state index is 0.274. The van der Waals surface area contributed by atoms with Crippen molar-refractivity contribution in [3.8, 4) is 0 Å². The van der Waals surface area contributed by atoms with Gasteiger partial charge >= 0.3 is 0 Å². The van der Waals surface area contributed by atoms with E-state index in [1.54, 1.807) is 0 Å². The van der Waals surface area contributed by atoms with Gasteiger partial charge in [-0.3, -0.25) is 4.90 Å². The maximum Gasteiger partial charge on any atom is 0.116 e. The van der Waals surface area contributed by atoms with Crippen molar-refractivity contribution in [1.82, 2.24) is 4.90 Å². The first-order valence-corrected chi connectivity index (χ1v) is 4.93. The molecule has 0 aromatic heterocycles. The van der Waals surface area contributed by atoms with Crippen LogP contribution in [0.3, 0.4) is 0 Å². The molecule has 1 atom stereocenters. The molecule has 1 N–H and O–H groups in total. The van der Waals surface area contributed by atoms with E-state index in [0.29, 0.717) is 0 Å². The lowest BCUT2D eigenvalue weighted by Crippen LogP contribution is -2.44. The van der Waals surface area contributed by atoms with Gasteiger partial charge in [-0.25, -0.2) is 0 Å². The molecule has 0 amide bonds. The van der Waals surface area contributed by atoms with E-state index in [1.165, 1.54) is 0 Å². The monoisotopic (exact) mass is 257 g/mol. The van der Waals surface area contributed by atoms with Crippen LogP contribution in [0.4, 0.5) is 0 Å². The van der Waals surface area contributed by atoms with Crippen molar-refractivity contribution >= 4 is 22.6 Å². The van der Waals surface area contributed by atoms with E-state index < -0.39 is 0 Å². The molecule has 1 rings (SSSR count). The summed E-state index contributed by atoms with van der Waals surface area (Å²) in [5.74, 6) is 0. The van der Waals surface area contributed by atoms with Gasteiger partial charge in [-0.2, -0.15) is 0 Å². The van der Waals surface area contributed by atoms with E-state index in [2.05, 4.69) is 22.6 Å². The average Bonchev–Trinajstić information content (AvgIpc) is 2.05. The maximum absolute atomic E-state index is 9.35. The SMILES string of the molecule is OC(CI)N1CCOCC1. The highest BCUT2D eigenvalue weighted by Gasteiger charge is 2.16. The summed E-state index contributed by atoms with van der Waals surface area (Å²) < 4.78 is 5.91. The van der Waals surface area contributed by atoms with Crippen molar-refractivity contribution in [3.05, 3.63) is 0 Å². The Bertz CT molecular complexity index is 95.7. The van der Waals surface area contributed by atoms with Crippen LogP contribution in [0.25, 0.3) is 0 Å². The average molecular weight is 257 g/mol. The molecule has 10 heavy (non-hydrogen) atoms. The van der Waals surface area contributed by atoms with Gasteiger partial charge in [0.1, 0.15) is 6.23 Å². The molecule has 0 saturated carbocycles. The molecular formula is C6H12INO2. The lowest BCUT2D eigenvalue weighted by molar-refractivity contribution is -0.0454. The molecule has 0 aliphatic carbocycles. The van der Waals surface area contributed by atoms with Crippen LogP contribution in [-0.4, -0.2) is 47.0 Å². The Hall–Kier alpha value is 0.610. The molecule has 0 spiro atoms. The quantitative estimate of drug-likeness (QED) is 0.561. The van der Waals surface area contributed by atoms with Gasteiger partial charge in [0.15, 0.2) is 0 Å². The molecule has 1 saturated heterocycles. The van der Waals surface area contributed by atoms with Crippen molar-refractivity contribution in [2.75, 3.05) is 30.7 Å². The highest BCUT2D eigenvalue weighted by atomic mass is 127. The molecule has 0 radical (unpaired) electrons. The number of aliphatic hydroxyl groups excluding tert-OH is 1. The number of halogens is 1. The fraction of sp³-hybridized carbons (Fsp3) is 1.00. The minimum atomic E-state index is -0.274. The van der Waals surface area contributed by atoms with Gasteiger partial charge in [0.2, 0.25) is 0 Å². The first-order valence-electron chi connectivity index (χ1n) is 3.40. The summed E-state index contributed by atoms with van der Waals surface area (Å²) in [6, 6.07) is 0. The predicted octanol–water partition coefficient (Wildman–Crippen LogP) is 0.0720. The van der Waals surface area contributed by atoms with E-state index in [4.69, 9.17) is 4.74 Å². The van der Waals surface area contributed by atoms with Gasteiger partial charge < -0.3 is 9.84 Å². The van der Waals surface area contributed by atoms with Crippen molar-refractivity contribution in [2.45, 2.75) is 6.23 Å². The van der Waals surface area contributed by atoms with Crippen LogP contribution in [0.5, 0.6) is 0 Å². The molecule has 1 unspecified atom stereocenters. The first-order chi connectivity index (χ1) is 4.84. The largest absolute Gasteiger partial charge is 0.379 e. The molecular weight excluding hydrogens is 245 g/mol. The van der Waals surface area contributed by atoms with Crippen LogP contribution >= 0.6 is 22.6 Å². The Balaban J connectivity index is 2.24. The standard InChI is InChI=1S/C6H12INO2/c7-5-6(9)8-1-3-10-4-2-8/h6,9H,1-5H2. The molecule has 60 valence electrons. The van der Waals surface area contributed by atoms with E-state index in [9.17, 15) is 5.11 Å². The van der Waals surface area contributed by atoms with E-state index in [0.717, 1.165) is 30.7 Å². The fourth-order valence-corrected chi connectivity index (χ4v) is 1.53. The molecule has 4 heteroatoms. The number of rotatable bonds is 2. The fourth-order valence-electron chi connectivity index (χ4n) is 0.973. The number of alkyl halides is 1. The Kier molecular flexibility index (Phi) is 3.90. The number of ether oxygens (including phenoxy) is 1. The van der Waals surface area contributed by atoms with E-state index in [1.807, 2.05) is 4.90 Å². The third-order valence-corrected chi connectivity index (χ3v) is 2.39. The Morgan fingerprint density at radius 3 is 2.60 bits per heavy atom. The van der Waals surface area contributed by atoms with Gasteiger partial charge in [-0.15, -0.1) is 0 Å². The van der Waals surface area contributed by atoms with Crippen LogP contribution in [0, 0.1) is 0 Å². The normalized spacial score (nSPS) is 24.6. The van der Waals surface area contributed by atoms with Crippen LogP contribution in [0.2, 0.25) is 0 Å². The summed E-state index contributed by atoms with van der Waals surface area (Å²) in [6.45, 7) is 3.25. The molecule has 0 bridgehead atoms. The molecule has 1 fully saturated rings. The van der Waals surface area contributed by atoms with Crippen LogP contribution in [0.1, 0.15) is 0 Å². The Morgan fingerprint density at radius 2 is 2.10 bits per heavy atom. The minimum Gasteiger partial charge on any atom is -0.379 e. The second kappa shape index (κ2) is 4.48. The zero-order valence-corrected chi connectivity index (χ0v) is 7.95. The Labute approximate surface area is 74.5 Å². The number of hydrogen-bond acceptors (Lipinski definition) is 3. The lowest BCUT2D eigenvalue weighted by atomic mass is 10.4. The molecule has 0 aromatic rings. The van der Waals surface area contributed by atoms with Crippen LogP contribution < -0.4 is 0 Å². The molecule has 3 nitrogen and oxygen atoms in total. The van der Waals surface area contributed by atoms with Gasteiger partial charge in [0.05, 0.1) is 13.2 Å². The number of aliphatic hydroxyl groups is 1. The number of nitrogens with zero attached hydrogens (tertiary/aromatic N) is 1. The van der Waals surface area contributed by atoms with E-state index in [-0.39, 0.29) is 6.23 Å². The number of hydrogen-bond donors (Lipinski definition) is 1. The zero-order chi connectivity index (χ0) is 7.40. The summed E-state index contributed by atoms with van der Waals surface area (Å²) in [6.07, 6.45) is -0.274. The third kappa shape index (κ3) is 2.34. The third-order valence-electron chi connectivity index (χ3n) is 1.61. The summed E-state index contributed by atoms with van der Waals surface area (Å²) in [5, 5.41) is 9.35. The highest BCUT2D eigenvalue weighted by Crippen LogP contribution is 2.03. The zero-order valence-electron chi connectivity index (χ0n) is 5.79. The van der Waals surface area contributed by atoms with E-state index >= 15 is 0 Å². The first kappa shape index (κ1) is 8.70. The highest BCUT2D eigenvalue weighted by molar-refractivity contribution is 14.1. The number of morpholine rings is 1. The van der Waals surface area contributed by atoms with Crippen molar-refractivity contribution in [1.29, 1.82) is 0 Å². The topological polar surface area (TPSA) is 32.7 Å². The molecule has 1 aliphatic rings. The van der Waals surface area contributed by atoms with Gasteiger partial charge in [0, 0.05) is 17.5 Å². The Morgan fingerprint density at radius 1 is 1.50 bits per heavy atom. The molecule has 1 aliphatic heterocycles. The molecule has 1 heterocycles. The lowest BCUT2D eigenvalue weighted by Gasteiger charge is -2.29. The summed E-state index contributed by atoms with van der Waals surface area (Å²) in [4.78, 5) is 2.04. The second-order valence-electron chi connectivity index (χ2n) is 2.28. The van der Waals surface area contributed by atoms with Crippen molar-refractivity contribution < 1.29 is 9.84 Å². The van der Waals surface area contributed by atoms with Crippen LogP contribution in [-0.2, 0) is 4.74 Å². The summed E-state index contributed by atoms with van der Waals surface area (Å²) in [7, 11) is 0. The predicted molar refractivity (Wildman–Crippen MR) is 47.3 cm³/mol. The maximum atomic E-state index is 9.35. The van der Waals surface area contributed by atoms with Crippen molar-refractivity contribution in [2.24, 2.45) is 0 Å². The van der Waals surface area contributed by atoms with Gasteiger partial charge in [-0.1, -0.05) is 22.6 Å². The molecule has 0 aromatic carbocycles. The summed E-state index contributed by atoms with van der Waals surface area (Å²) in [5.41, 5.74) is 0. The van der Waals surface area contributed by atoms with Crippen molar-refractivity contribution in [3.63, 3.8) is 0 Å². The smallest absolute Gasteiger partial charge is 0.116 e. The second-order valence-corrected chi connectivity index (χ2v) is 3.16. The van der Waals surface area contributed by atoms with Gasteiger partial charge in [0.25, 0.3) is 0 Å². The summed E-state index contributed by atoms with van der Waals surface area (Å²) >= 11 is 2.18. The van der Waals surface area contributed by atoms with Crippen LogP contribution in [0.15, 0.2) is 0 Å². The van der Waals surface area contributed by atoms with Gasteiger partial charge in [-0.05, 0) is 0 Å².